The summed E-state index contributed by atoms with van der Waals surface area (Å²) in [5.41, 5.74) is 0.696. The number of hydrogen-bond acceptors (Lipinski definition) is 3. The molecule has 0 spiro atoms. The van der Waals surface area contributed by atoms with Gasteiger partial charge in [-0.3, -0.25) is 9.36 Å². The smallest absolute Gasteiger partial charge is 0.261 e. The van der Waals surface area contributed by atoms with Crippen molar-refractivity contribution in [2.24, 2.45) is 0 Å². The Morgan fingerprint density at radius 1 is 1.50 bits per heavy atom. The average molecular weight is 293 g/mol. The van der Waals surface area contributed by atoms with Crippen LogP contribution in [-0.2, 0) is 4.74 Å². The van der Waals surface area contributed by atoms with Crippen molar-refractivity contribution in [3.63, 3.8) is 0 Å². The number of hydrogen-bond donors (Lipinski definition) is 0. The molecular weight excluding hydrogens is 276 g/mol. The van der Waals surface area contributed by atoms with Gasteiger partial charge in [0.25, 0.3) is 5.56 Å². The summed E-state index contributed by atoms with van der Waals surface area (Å²) in [5, 5.41) is 0.385. The molecule has 1 saturated heterocycles. The Balaban J connectivity index is 2.27. The third-order valence-electron chi connectivity index (χ3n) is 3.74. The van der Waals surface area contributed by atoms with Crippen molar-refractivity contribution >= 4 is 22.5 Å². The number of para-hydroxylation sites is 1. The summed E-state index contributed by atoms with van der Waals surface area (Å²) < 4.78 is 7.16. The zero-order valence-electron chi connectivity index (χ0n) is 11.4. The van der Waals surface area contributed by atoms with Gasteiger partial charge in [-0.15, -0.1) is 11.6 Å². The van der Waals surface area contributed by atoms with Gasteiger partial charge in [0.1, 0.15) is 5.82 Å². The number of ether oxygens (including phenoxy) is 1. The van der Waals surface area contributed by atoms with Gasteiger partial charge in [0.05, 0.1) is 28.9 Å². The first kappa shape index (κ1) is 13.6. The molecule has 2 unspecified atom stereocenters. The fourth-order valence-electron chi connectivity index (χ4n) is 2.65. The minimum atomic E-state index is -0.257. The zero-order chi connectivity index (χ0) is 14.1. The maximum absolute atomic E-state index is 12.8. The molecule has 106 valence electrons. The molecule has 1 fully saturated rings. The lowest BCUT2D eigenvalue weighted by Crippen LogP contribution is -2.30. The summed E-state index contributed by atoms with van der Waals surface area (Å²) >= 11 is 6.38. The van der Waals surface area contributed by atoms with Crippen molar-refractivity contribution in [3.8, 4) is 0 Å². The Hall–Kier alpha value is -1.39. The van der Waals surface area contributed by atoms with Gasteiger partial charge >= 0.3 is 0 Å². The van der Waals surface area contributed by atoms with E-state index in [0.717, 1.165) is 12.8 Å². The highest BCUT2D eigenvalue weighted by Gasteiger charge is 2.25. The molecular formula is C15H17ClN2O2. The van der Waals surface area contributed by atoms with E-state index in [4.69, 9.17) is 16.3 Å². The summed E-state index contributed by atoms with van der Waals surface area (Å²) in [7, 11) is 0. The maximum Gasteiger partial charge on any atom is 0.261 e. The summed E-state index contributed by atoms with van der Waals surface area (Å²) in [5.74, 6) is 0.661. The molecule has 0 aliphatic carbocycles. The molecule has 0 saturated carbocycles. The summed E-state index contributed by atoms with van der Waals surface area (Å²) in [6.45, 7) is 3.23. The second-order valence-corrected chi connectivity index (χ2v) is 5.58. The Morgan fingerprint density at radius 3 is 3.00 bits per heavy atom. The fourth-order valence-corrected chi connectivity index (χ4v) is 2.80. The van der Waals surface area contributed by atoms with E-state index in [0.29, 0.717) is 29.9 Å². The van der Waals surface area contributed by atoms with Gasteiger partial charge in [-0.25, -0.2) is 4.98 Å². The number of alkyl halides is 1. The first-order valence-electron chi connectivity index (χ1n) is 6.95. The molecule has 0 N–H and O–H groups in total. The third kappa shape index (κ3) is 2.23. The van der Waals surface area contributed by atoms with E-state index in [1.54, 1.807) is 4.57 Å². The lowest BCUT2D eigenvalue weighted by Gasteiger charge is -2.20. The molecule has 1 aliphatic rings. The average Bonchev–Trinajstić information content (AvgIpc) is 3.00. The lowest BCUT2D eigenvalue weighted by molar-refractivity contribution is 0.185. The largest absolute Gasteiger partial charge is 0.379 e. The lowest BCUT2D eigenvalue weighted by atomic mass is 10.2. The van der Waals surface area contributed by atoms with E-state index in [2.05, 4.69) is 4.98 Å². The number of halogens is 1. The van der Waals surface area contributed by atoms with E-state index in [9.17, 15) is 4.79 Å². The van der Waals surface area contributed by atoms with Gasteiger partial charge in [-0.2, -0.15) is 0 Å². The maximum atomic E-state index is 12.8. The standard InChI is InChI=1S/C15H17ClN2O2/c1-2-12(16)14-17-13-6-4-3-5-11(13)15(19)18(14)10-7-8-20-9-10/h3-6,10,12H,2,7-9H2,1H3. The van der Waals surface area contributed by atoms with E-state index >= 15 is 0 Å². The van der Waals surface area contributed by atoms with Crippen LogP contribution in [0.15, 0.2) is 29.1 Å². The highest BCUT2D eigenvalue weighted by atomic mass is 35.5. The monoisotopic (exact) mass is 292 g/mol. The van der Waals surface area contributed by atoms with Crippen LogP contribution in [0.4, 0.5) is 0 Å². The minimum Gasteiger partial charge on any atom is -0.379 e. The molecule has 1 aromatic heterocycles. The van der Waals surface area contributed by atoms with Crippen molar-refractivity contribution in [1.29, 1.82) is 0 Å². The van der Waals surface area contributed by atoms with Crippen LogP contribution in [0.25, 0.3) is 10.9 Å². The van der Waals surface area contributed by atoms with Crippen LogP contribution in [0.1, 0.15) is 37.0 Å². The Kier molecular flexibility index (Phi) is 3.76. The molecule has 0 bridgehead atoms. The van der Waals surface area contributed by atoms with Gasteiger partial charge in [0.15, 0.2) is 0 Å². The number of rotatable bonds is 3. The molecule has 1 aromatic carbocycles. The van der Waals surface area contributed by atoms with Gasteiger partial charge < -0.3 is 4.74 Å². The molecule has 2 atom stereocenters. The van der Waals surface area contributed by atoms with Crippen molar-refractivity contribution in [2.75, 3.05) is 13.2 Å². The van der Waals surface area contributed by atoms with Crippen molar-refractivity contribution in [2.45, 2.75) is 31.2 Å². The first-order valence-corrected chi connectivity index (χ1v) is 7.39. The molecule has 1 aliphatic heterocycles. The van der Waals surface area contributed by atoms with Crippen molar-refractivity contribution in [1.82, 2.24) is 9.55 Å². The predicted octanol–water partition coefficient (Wildman–Crippen LogP) is 3.05. The van der Waals surface area contributed by atoms with E-state index < -0.39 is 0 Å². The normalized spacial score (nSPS) is 20.4. The fraction of sp³-hybridized carbons (Fsp3) is 0.467. The zero-order valence-corrected chi connectivity index (χ0v) is 12.1. The van der Waals surface area contributed by atoms with Crippen LogP contribution in [0.2, 0.25) is 0 Å². The van der Waals surface area contributed by atoms with Crippen LogP contribution in [0, 0.1) is 0 Å². The molecule has 5 heteroatoms. The van der Waals surface area contributed by atoms with Crippen LogP contribution in [-0.4, -0.2) is 22.8 Å². The van der Waals surface area contributed by atoms with Gasteiger partial charge in [0, 0.05) is 6.61 Å². The Labute approximate surface area is 122 Å². The molecule has 2 heterocycles. The summed E-state index contributed by atoms with van der Waals surface area (Å²) in [6, 6.07) is 7.46. The van der Waals surface area contributed by atoms with E-state index in [1.165, 1.54) is 0 Å². The van der Waals surface area contributed by atoms with E-state index in [-0.39, 0.29) is 17.0 Å². The number of aromatic nitrogens is 2. The molecule has 2 aromatic rings. The van der Waals surface area contributed by atoms with Gasteiger partial charge in [0.2, 0.25) is 0 Å². The third-order valence-corrected chi connectivity index (χ3v) is 4.25. The van der Waals surface area contributed by atoms with Crippen LogP contribution in [0.5, 0.6) is 0 Å². The second kappa shape index (κ2) is 5.54. The van der Waals surface area contributed by atoms with Gasteiger partial charge in [-0.1, -0.05) is 19.1 Å². The number of benzene rings is 1. The highest BCUT2D eigenvalue weighted by Crippen LogP contribution is 2.27. The van der Waals surface area contributed by atoms with Crippen molar-refractivity contribution < 1.29 is 4.74 Å². The molecule has 0 amide bonds. The molecule has 3 rings (SSSR count). The predicted molar refractivity (Wildman–Crippen MR) is 79.4 cm³/mol. The molecule has 4 nitrogen and oxygen atoms in total. The number of nitrogens with zero attached hydrogens (tertiary/aromatic N) is 2. The summed E-state index contributed by atoms with van der Waals surface area (Å²) in [6.07, 6.45) is 1.57. The van der Waals surface area contributed by atoms with Crippen LogP contribution < -0.4 is 5.56 Å². The quantitative estimate of drug-likeness (QED) is 0.817. The first-order chi connectivity index (χ1) is 9.72. The molecule has 0 radical (unpaired) electrons. The SMILES string of the molecule is CCC(Cl)c1nc2ccccc2c(=O)n1C1CCOC1. The van der Waals surface area contributed by atoms with Crippen LogP contribution in [0.3, 0.4) is 0 Å². The second-order valence-electron chi connectivity index (χ2n) is 5.06. The number of fused-ring (bicyclic) bond motifs is 1. The highest BCUT2D eigenvalue weighted by molar-refractivity contribution is 6.20. The van der Waals surface area contributed by atoms with Crippen LogP contribution >= 0.6 is 11.6 Å². The van der Waals surface area contributed by atoms with E-state index in [1.807, 2.05) is 31.2 Å². The van der Waals surface area contributed by atoms with Gasteiger partial charge in [-0.05, 0) is 25.0 Å². The minimum absolute atomic E-state index is 0.0137. The molecule has 20 heavy (non-hydrogen) atoms. The van der Waals surface area contributed by atoms with Crippen molar-refractivity contribution in [3.05, 3.63) is 40.4 Å². The summed E-state index contributed by atoms with van der Waals surface area (Å²) in [4.78, 5) is 17.4. The Bertz CT molecular complexity index is 677. The topological polar surface area (TPSA) is 44.1 Å². The Morgan fingerprint density at radius 2 is 2.30 bits per heavy atom.